The Hall–Kier alpha value is -2.93. The van der Waals surface area contributed by atoms with Crippen LogP contribution in [0.3, 0.4) is 0 Å². The smallest absolute Gasteiger partial charge is 0.414 e. The molecule has 0 unspecified atom stereocenters. The molecule has 1 aromatic heterocycles. The van der Waals surface area contributed by atoms with Gasteiger partial charge in [0.1, 0.15) is 6.07 Å². The molecule has 0 amide bonds. The van der Waals surface area contributed by atoms with Crippen molar-refractivity contribution in [2.24, 2.45) is 5.73 Å². The fraction of sp³-hybridized carbons (Fsp3) is 0.263. The van der Waals surface area contributed by atoms with Crippen molar-refractivity contribution in [2.75, 3.05) is 6.61 Å². The fourth-order valence-corrected chi connectivity index (χ4v) is 3.55. The van der Waals surface area contributed by atoms with Gasteiger partial charge in [0.15, 0.2) is 0 Å². The molecular weight excluding hydrogens is 382 g/mol. The van der Waals surface area contributed by atoms with Crippen molar-refractivity contribution in [1.29, 1.82) is 5.26 Å². The van der Waals surface area contributed by atoms with E-state index in [0.29, 0.717) is 12.0 Å². The molecule has 0 spiro atoms. The average molecular weight is 403 g/mol. The van der Waals surface area contributed by atoms with Crippen molar-refractivity contribution in [3.8, 4) is 6.07 Å². The molecule has 0 saturated heterocycles. The van der Waals surface area contributed by atoms with Gasteiger partial charge in [-0.2, -0.15) is 5.26 Å². The predicted octanol–water partition coefficient (Wildman–Crippen LogP) is 1.96. The van der Waals surface area contributed by atoms with Gasteiger partial charge in [0, 0.05) is 28.1 Å². The average Bonchev–Trinajstić information content (AvgIpc) is 2.68. The highest BCUT2D eigenvalue weighted by Gasteiger charge is 2.18. The Bertz CT molecular complexity index is 827. The normalized spacial score (nSPS) is 12.1. The number of carboxylic acids is 2. The van der Waals surface area contributed by atoms with E-state index >= 15 is 0 Å². The lowest BCUT2D eigenvalue weighted by molar-refractivity contribution is -0.159. The molecule has 1 aromatic carbocycles. The Kier molecular flexibility index (Phi) is 9.67. The maximum absolute atomic E-state index is 9.25. The van der Waals surface area contributed by atoms with Crippen LogP contribution in [0.1, 0.15) is 28.5 Å². The van der Waals surface area contributed by atoms with Crippen LogP contribution >= 0.6 is 11.8 Å². The van der Waals surface area contributed by atoms with E-state index in [1.807, 2.05) is 43.3 Å². The highest BCUT2D eigenvalue weighted by molar-refractivity contribution is 7.99. The maximum atomic E-state index is 9.25. The predicted molar refractivity (Wildman–Crippen MR) is 104 cm³/mol. The van der Waals surface area contributed by atoms with Crippen LogP contribution in [-0.2, 0) is 9.59 Å². The number of pyridine rings is 1. The van der Waals surface area contributed by atoms with Crippen molar-refractivity contribution in [3.05, 3.63) is 59.4 Å². The van der Waals surface area contributed by atoms with Gasteiger partial charge in [-0.3, -0.25) is 4.98 Å². The molecule has 2 aromatic rings. The maximum Gasteiger partial charge on any atom is 0.414 e. The summed E-state index contributed by atoms with van der Waals surface area (Å²) in [5, 5.41) is 33.4. The highest BCUT2D eigenvalue weighted by atomic mass is 32.2. The number of aromatic nitrogens is 1. The van der Waals surface area contributed by atoms with Crippen LogP contribution in [0, 0.1) is 18.3 Å². The van der Waals surface area contributed by atoms with Gasteiger partial charge in [0.2, 0.25) is 0 Å². The van der Waals surface area contributed by atoms with E-state index in [1.54, 1.807) is 18.0 Å². The molecule has 0 fully saturated rings. The Balaban J connectivity index is 0.000000568. The Morgan fingerprint density at radius 1 is 1.25 bits per heavy atom. The second-order valence-electron chi connectivity index (χ2n) is 5.74. The van der Waals surface area contributed by atoms with Gasteiger partial charge in [0.25, 0.3) is 0 Å². The van der Waals surface area contributed by atoms with E-state index in [0.717, 1.165) is 16.2 Å². The zero-order chi connectivity index (χ0) is 21.1. The third kappa shape index (κ3) is 7.75. The summed E-state index contributed by atoms with van der Waals surface area (Å²) in [6.07, 6.45) is 2.24. The molecule has 28 heavy (non-hydrogen) atoms. The van der Waals surface area contributed by atoms with E-state index in [1.165, 1.54) is 0 Å². The summed E-state index contributed by atoms with van der Waals surface area (Å²) in [7, 11) is 0. The summed E-state index contributed by atoms with van der Waals surface area (Å²) in [4.78, 5) is 23.3. The third-order valence-corrected chi connectivity index (χ3v) is 4.84. The van der Waals surface area contributed by atoms with Crippen molar-refractivity contribution >= 4 is 23.7 Å². The van der Waals surface area contributed by atoms with E-state index in [2.05, 4.69) is 11.1 Å². The standard InChI is InChI=1S/C17H19N3OS.C2H2O4/c1-12-7-16(14(9-18)10-20-12)22-17(8-15(19)11-21)13-5-3-2-4-6-13;3-1(4)2(5)6/h2-7,10,15,17,21H,8,11,19H2,1H3;(H,3,4)(H,5,6)/t15-,17+;/m0./s1. The molecule has 2 atom stereocenters. The number of nitriles is 1. The number of carbonyl (C=O) groups is 2. The van der Waals surface area contributed by atoms with E-state index in [4.69, 9.17) is 25.5 Å². The highest BCUT2D eigenvalue weighted by Crippen LogP contribution is 2.39. The van der Waals surface area contributed by atoms with Crippen LogP contribution < -0.4 is 5.73 Å². The number of aliphatic hydroxyl groups excluding tert-OH is 1. The molecule has 0 aliphatic rings. The van der Waals surface area contributed by atoms with Crippen molar-refractivity contribution in [2.45, 2.75) is 29.5 Å². The first-order valence-corrected chi connectivity index (χ1v) is 9.07. The number of aliphatic carboxylic acids is 2. The molecule has 9 heteroatoms. The minimum absolute atomic E-state index is 0.0512. The van der Waals surface area contributed by atoms with E-state index in [-0.39, 0.29) is 17.9 Å². The van der Waals surface area contributed by atoms with Crippen LogP contribution in [0.5, 0.6) is 0 Å². The van der Waals surface area contributed by atoms with Crippen molar-refractivity contribution in [3.63, 3.8) is 0 Å². The van der Waals surface area contributed by atoms with Gasteiger partial charge < -0.3 is 21.1 Å². The number of aliphatic hydroxyl groups is 1. The molecule has 8 nitrogen and oxygen atoms in total. The fourth-order valence-electron chi connectivity index (χ4n) is 2.14. The van der Waals surface area contributed by atoms with Gasteiger partial charge in [-0.05, 0) is 25.0 Å². The molecule has 0 radical (unpaired) electrons. The number of benzene rings is 1. The first-order chi connectivity index (χ1) is 13.3. The largest absolute Gasteiger partial charge is 0.473 e. The second-order valence-corrected chi connectivity index (χ2v) is 6.98. The lowest BCUT2D eigenvalue weighted by Gasteiger charge is -2.20. The van der Waals surface area contributed by atoms with Gasteiger partial charge in [-0.15, -0.1) is 11.8 Å². The lowest BCUT2D eigenvalue weighted by Crippen LogP contribution is -2.26. The van der Waals surface area contributed by atoms with Crippen LogP contribution in [0.4, 0.5) is 0 Å². The minimum atomic E-state index is -1.82. The number of nitrogens with zero attached hydrogens (tertiary/aromatic N) is 2. The summed E-state index contributed by atoms with van der Waals surface area (Å²) in [6.45, 7) is 1.85. The summed E-state index contributed by atoms with van der Waals surface area (Å²) in [5.74, 6) is -3.65. The second kappa shape index (κ2) is 11.7. The van der Waals surface area contributed by atoms with Crippen LogP contribution in [0.2, 0.25) is 0 Å². The van der Waals surface area contributed by atoms with Crippen molar-refractivity contribution in [1.82, 2.24) is 4.98 Å². The Morgan fingerprint density at radius 3 is 2.36 bits per heavy atom. The van der Waals surface area contributed by atoms with E-state index < -0.39 is 11.9 Å². The third-order valence-electron chi connectivity index (χ3n) is 3.50. The number of hydrogen-bond donors (Lipinski definition) is 4. The SMILES string of the molecule is Cc1cc(S[C@H](C[C@H](N)CO)c2ccccc2)c(C#N)cn1.O=C(O)C(=O)O. The molecule has 5 N–H and O–H groups in total. The molecular formula is C19H21N3O5S. The zero-order valence-corrected chi connectivity index (χ0v) is 16.0. The van der Waals surface area contributed by atoms with Gasteiger partial charge in [0.05, 0.1) is 12.2 Å². The van der Waals surface area contributed by atoms with Crippen LogP contribution in [-0.4, -0.2) is 44.9 Å². The zero-order valence-electron chi connectivity index (χ0n) is 15.1. The molecule has 0 bridgehead atoms. The number of rotatable bonds is 6. The molecule has 0 aliphatic heterocycles. The molecule has 0 aliphatic carbocycles. The quantitative estimate of drug-likeness (QED) is 0.418. The first kappa shape index (κ1) is 23.1. The monoisotopic (exact) mass is 403 g/mol. The summed E-state index contributed by atoms with van der Waals surface area (Å²) < 4.78 is 0. The number of thioether (sulfide) groups is 1. The Morgan fingerprint density at radius 2 is 1.86 bits per heavy atom. The van der Waals surface area contributed by atoms with Gasteiger partial charge in [-0.1, -0.05) is 30.3 Å². The summed E-state index contributed by atoms with van der Waals surface area (Å²) in [6, 6.07) is 13.8. The first-order valence-electron chi connectivity index (χ1n) is 8.19. The minimum Gasteiger partial charge on any atom is -0.473 e. The van der Waals surface area contributed by atoms with Crippen LogP contribution in [0.25, 0.3) is 0 Å². The van der Waals surface area contributed by atoms with Crippen molar-refractivity contribution < 1.29 is 24.9 Å². The molecule has 1 heterocycles. The molecule has 2 rings (SSSR count). The Labute approximate surface area is 166 Å². The summed E-state index contributed by atoms with van der Waals surface area (Å²) >= 11 is 1.60. The number of nitrogens with two attached hydrogens (primary N) is 1. The number of aryl methyl sites for hydroxylation is 1. The molecule has 148 valence electrons. The van der Waals surface area contributed by atoms with E-state index in [9.17, 15) is 10.4 Å². The topological polar surface area (TPSA) is 158 Å². The lowest BCUT2D eigenvalue weighted by atomic mass is 10.1. The van der Waals surface area contributed by atoms with Gasteiger partial charge >= 0.3 is 11.9 Å². The summed E-state index contributed by atoms with van der Waals surface area (Å²) in [5.41, 5.74) is 8.50. The number of hydrogen-bond acceptors (Lipinski definition) is 7. The van der Waals surface area contributed by atoms with Crippen LogP contribution in [0.15, 0.2) is 47.5 Å². The van der Waals surface area contributed by atoms with Gasteiger partial charge in [-0.25, -0.2) is 9.59 Å². The number of carboxylic acid groups (broad SMARTS) is 2. The molecule has 0 saturated carbocycles.